The van der Waals surface area contributed by atoms with Gasteiger partial charge < -0.3 is 4.98 Å². The summed E-state index contributed by atoms with van der Waals surface area (Å²) in [7, 11) is 0. The number of rotatable bonds is 1. The van der Waals surface area contributed by atoms with E-state index in [1.807, 2.05) is 19.9 Å². The molecule has 1 N–H and O–H groups in total. The second kappa shape index (κ2) is 5.09. The Morgan fingerprint density at radius 3 is 2.57 bits per heavy atom. The van der Waals surface area contributed by atoms with Gasteiger partial charge in [0.1, 0.15) is 5.65 Å². The fourth-order valence-corrected chi connectivity index (χ4v) is 2.79. The van der Waals surface area contributed by atoms with Crippen molar-refractivity contribution in [2.24, 2.45) is 0 Å². The first-order chi connectivity index (χ1) is 9.97. The summed E-state index contributed by atoms with van der Waals surface area (Å²) >= 11 is 11.2. The minimum atomic E-state index is -0.180. The summed E-state index contributed by atoms with van der Waals surface area (Å²) in [6.07, 6.45) is 0. The van der Waals surface area contributed by atoms with Gasteiger partial charge in [0.2, 0.25) is 0 Å². The van der Waals surface area contributed by atoms with Crippen molar-refractivity contribution in [3.05, 3.63) is 61.7 Å². The maximum absolute atomic E-state index is 12.8. The lowest BCUT2D eigenvalue weighted by atomic mass is 10.2. The van der Waals surface area contributed by atoms with Crippen LogP contribution in [0.3, 0.4) is 0 Å². The fraction of sp³-hybridized carbons (Fsp3) is 0.133. The molecule has 0 aliphatic carbocycles. The molecule has 3 rings (SSSR count). The number of benzene rings is 1. The van der Waals surface area contributed by atoms with E-state index in [4.69, 9.17) is 23.8 Å². The smallest absolute Gasteiger partial charge is 0.268 e. The van der Waals surface area contributed by atoms with E-state index >= 15 is 0 Å². The zero-order valence-corrected chi connectivity index (χ0v) is 13.0. The minimum absolute atomic E-state index is 0.180. The molecule has 0 atom stereocenters. The van der Waals surface area contributed by atoms with E-state index in [0.29, 0.717) is 26.5 Å². The van der Waals surface area contributed by atoms with Crippen molar-refractivity contribution in [2.45, 2.75) is 13.8 Å². The predicted molar refractivity (Wildman–Crippen MR) is 87.0 cm³/mol. The van der Waals surface area contributed by atoms with Crippen LogP contribution in [0.4, 0.5) is 0 Å². The van der Waals surface area contributed by atoms with Gasteiger partial charge in [-0.05, 0) is 62.0 Å². The standard InChI is InChI=1S/C15H12ClN3OS/c1-8-7-9(2)17-13-12(8)14(20)19(15(21)18-13)11-5-3-10(16)4-6-11/h3-7H,1-2H3,(H,17,18,21). The van der Waals surface area contributed by atoms with Crippen molar-refractivity contribution in [1.29, 1.82) is 0 Å². The summed E-state index contributed by atoms with van der Waals surface area (Å²) in [5.74, 6) is 0. The van der Waals surface area contributed by atoms with Crippen molar-refractivity contribution in [3.8, 4) is 5.69 Å². The van der Waals surface area contributed by atoms with E-state index in [1.54, 1.807) is 24.3 Å². The maximum atomic E-state index is 12.8. The van der Waals surface area contributed by atoms with Gasteiger partial charge in [-0.3, -0.25) is 9.36 Å². The summed E-state index contributed by atoms with van der Waals surface area (Å²) in [6.45, 7) is 3.77. The zero-order valence-electron chi connectivity index (χ0n) is 11.5. The highest BCUT2D eigenvalue weighted by molar-refractivity contribution is 7.71. The maximum Gasteiger partial charge on any atom is 0.268 e. The number of fused-ring (bicyclic) bond motifs is 1. The molecule has 21 heavy (non-hydrogen) atoms. The molecule has 4 nitrogen and oxygen atoms in total. The molecule has 0 aliphatic heterocycles. The van der Waals surface area contributed by atoms with Crippen LogP contribution >= 0.6 is 23.8 Å². The summed E-state index contributed by atoms with van der Waals surface area (Å²) in [6, 6.07) is 8.85. The average molecular weight is 318 g/mol. The molecule has 0 aliphatic rings. The van der Waals surface area contributed by atoms with E-state index in [0.717, 1.165) is 11.3 Å². The molecule has 0 saturated heterocycles. The Morgan fingerprint density at radius 1 is 1.24 bits per heavy atom. The molecule has 1 aromatic carbocycles. The van der Waals surface area contributed by atoms with E-state index in [-0.39, 0.29) is 5.56 Å². The van der Waals surface area contributed by atoms with Gasteiger partial charge in [-0.2, -0.15) is 0 Å². The van der Waals surface area contributed by atoms with Crippen LogP contribution in [0, 0.1) is 18.6 Å². The quantitative estimate of drug-likeness (QED) is 0.696. The van der Waals surface area contributed by atoms with Gasteiger partial charge in [-0.25, -0.2) is 4.98 Å². The predicted octanol–water partition coefficient (Wildman–Crippen LogP) is 3.71. The van der Waals surface area contributed by atoms with Gasteiger partial charge >= 0.3 is 0 Å². The number of nitrogens with one attached hydrogen (secondary N) is 1. The van der Waals surface area contributed by atoms with Gasteiger partial charge in [0.15, 0.2) is 4.77 Å². The third-order valence-corrected chi connectivity index (χ3v) is 3.81. The normalized spacial score (nSPS) is 11.0. The van der Waals surface area contributed by atoms with Gasteiger partial charge in [-0.1, -0.05) is 11.6 Å². The molecule has 0 radical (unpaired) electrons. The first-order valence-electron chi connectivity index (χ1n) is 6.36. The van der Waals surface area contributed by atoms with Crippen LogP contribution < -0.4 is 5.56 Å². The number of hydrogen-bond donors (Lipinski definition) is 1. The molecule has 0 fully saturated rings. The van der Waals surface area contributed by atoms with Crippen molar-refractivity contribution >= 4 is 34.9 Å². The van der Waals surface area contributed by atoms with Gasteiger partial charge in [0.25, 0.3) is 5.56 Å². The Morgan fingerprint density at radius 2 is 1.90 bits per heavy atom. The number of H-pyrrole nitrogens is 1. The monoisotopic (exact) mass is 317 g/mol. The van der Waals surface area contributed by atoms with Crippen LogP contribution in [0.15, 0.2) is 35.1 Å². The second-order valence-corrected chi connectivity index (χ2v) is 5.67. The molecular formula is C15H12ClN3OS. The van der Waals surface area contributed by atoms with Crippen molar-refractivity contribution in [3.63, 3.8) is 0 Å². The minimum Gasteiger partial charge on any atom is -0.316 e. The molecule has 2 aromatic heterocycles. The Hall–Kier alpha value is -1.98. The summed E-state index contributed by atoms with van der Waals surface area (Å²) < 4.78 is 1.77. The average Bonchev–Trinajstić information content (AvgIpc) is 2.39. The van der Waals surface area contributed by atoms with Crippen LogP contribution in [0.25, 0.3) is 16.7 Å². The highest BCUT2D eigenvalue weighted by atomic mass is 35.5. The van der Waals surface area contributed by atoms with E-state index in [1.165, 1.54) is 4.57 Å². The topological polar surface area (TPSA) is 50.7 Å². The molecule has 0 bridgehead atoms. The summed E-state index contributed by atoms with van der Waals surface area (Å²) in [4.78, 5) is 20.1. The molecule has 2 heterocycles. The van der Waals surface area contributed by atoms with Gasteiger partial charge in [0.05, 0.1) is 11.1 Å². The highest BCUT2D eigenvalue weighted by Gasteiger charge is 2.11. The molecular weight excluding hydrogens is 306 g/mol. The Bertz CT molecular complexity index is 958. The zero-order chi connectivity index (χ0) is 15.1. The van der Waals surface area contributed by atoms with E-state index < -0.39 is 0 Å². The third-order valence-electron chi connectivity index (χ3n) is 3.27. The van der Waals surface area contributed by atoms with E-state index in [2.05, 4.69) is 9.97 Å². The number of hydrogen-bond acceptors (Lipinski definition) is 3. The van der Waals surface area contributed by atoms with Crippen molar-refractivity contribution in [2.75, 3.05) is 0 Å². The molecule has 0 spiro atoms. The number of pyridine rings is 1. The Kier molecular flexibility index (Phi) is 3.39. The highest BCUT2D eigenvalue weighted by Crippen LogP contribution is 2.16. The SMILES string of the molecule is Cc1cc(C)c2c(=O)n(-c3ccc(Cl)cc3)c(=S)[nH]c2n1. The van der Waals surface area contributed by atoms with Crippen LogP contribution in [-0.2, 0) is 0 Å². The van der Waals surface area contributed by atoms with Gasteiger partial charge in [0, 0.05) is 10.7 Å². The lowest BCUT2D eigenvalue weighted by Gasteiger charge is -2.09. The lowest BCUT2D eigenvalue weighted by Crippen LogP contribution is -2.21. The molecule has 0 amide bonds. The van der Waals surface area contributed by atoms with Gasteiger partial charge in [-0.15, -0.1) is 0 Å². The number of aryl methyl sites for hydroxylation is 2. The number of aromatic amines is 1. The summed E-state index contributed by atoms with van der Waals surface area (Å²) in [5.41, 5.74) is 2.73. The second-order valence-electron chi connectivity index (χ2n) is 4.85. The molecule has 0 saturated carbocycles. The first-order valence-corrected chi connectivity index (χ1v) is 7.15. The summed E-state index contributed by atoms with van der Waals surface area (Å²) in [5, 5.41) is 1.15. The van der Waals surface area contributed by atoms with Crippen LogP contribution in [0.1, 0.15) is 11.3 Å². The first kappa shape index (κ1) is 14.0. The molecule has 0 unspecified atom stereocenters. The third kappa shape index (κ3) is 2.39. The largest absolute Gasteiger partial charge is 0.316 e. The number of halogens is 1. The van der Waals surface area contributed by atoms with Crippen molar-refractivity contribution < 1.29 is 0 Å². The Labute approximate surface area is 131 Å². The Balaban J connectivity index is 2.42. The lowest BCUT2D eigenvalue weighted by molar-refractivity contribution is 0.929. The number of aromatic nitrogens is 3. The molecule has 106 valence electrons. The number of nitrogens with zero attached hydrogens (tertiary/aromatic N) is 2. The van der Waals surface area contributed by atoms with Crippen LogP contribution in [0.2, 0.25) is 5.02 Å². The van der Waals surface area contributed by atoms with Crippen molar-refractivity contribution in [1.82, 2.24) is 14.5 Å². The van der Waals surface area contributed by atoms with E-state index in [9.17, 15) is 4.79 Å². The van der Waals surface area contributed by atoms with Crippen LogP contribution in [-0.4, -0.2) is 14.5 Å². The molecule has 6 heteroatoms. The molecule has 3 aromatic rings. The van der Waals surface area contributed by atoms with Crippen LogP contribution in [0.5, 0.6) is 0 Å². The fourth-order valence-electron chi connectivity index (χ4n) is 2.38.